The Hall–Kier alpha value is -2.24. The largest absolute Gasteiger partial charge is 0.490 e. The number of amides is 1. The van der Waals surface area contributed by atoms with Gasteiger partial charge in [0.1, 0.15) is 6.10 Å². The molecule has 4 rings (SSSR count). The van der Waals surface area contributed by atoms with Crippen LogP contribution in [0.4, 0.5) is 13.2 Å². The van der Waals surface area contributed by atoms with Gasteiger partial charge in [-0.2, -0.15) is 13.2 Å². The minimum Gasteiger partial charge on any atom is -0.475 e. The maximum absolute atomic E-state index is 12.7. The van der Waals surface area contributed by atoms with Gasteiger partial charge in [0.2, 0.25) is 0 Å². The lowest BCUT2D eigenvalue weighted by Crippen LogP contribution is -2.52. The number of alkyl halides is 3. The van der Waals surface area contributed by atoms with Crippen LogP contribution in [-0.2, 0) is 25.6 Å². The van der Waals surface area contributed by atoms with Gasteiger partial charge >= 0.3 is 12.1 Å². The highest BCUT2D eigenvalue weighted by molar-refractivity contribution is 5.81. The Morgan fingerprint density at radius 2 is 2.09 bits per heavy atom. The van der Waals surface area contributed by atoms with Crippen molar-refractivity contribution in [2.75, 3.05) is 33.4 Å². The quantitative estimate of drug-likeness (QED) is 0.718. The van der Waals surface area contributed by atoms with Gasteiger partial charge in [0, 0.05) is 38.5 Å². The van der Waals surface area contributed by atoms with Crippen LogP contribution in [0, 0.1) is 0 Å². The van der Waals surface area contributed by atoms with Crippen molar-refractivity contribution in [2.24, 2.45) is 0 Å². The molecule has 0 bridgehead atoms. The number of ether oxygens (including phenoxy) is 2. The van der Waals surface area contributed by atoms with E-state index < -0.39 is 12.1 Å². The third-order valence-electron chi connectivity index (χ3n) is 6.25. The predicted molar refractivity (Wildman–Crippen MR) is 111 cm³/mol. The number of carboxylic acid groups (broad SMARTS) is 1. The highest BCUT2D eigenvalue weighted by Gasteiger charge is 2.46. The van der Waals surface area contributed by atoms with E-state index in [9.17, 15) is 18.0 Å². The third kappa shape index (κ3) is 6.87. The van der Waals surface area contributed by atoms with E-state index in [1.54, 1.807) is 0 Å². The van der Waals surface area contributed by atoms with Crippen LogP contribution in [0.5, 0.6) is 0 Å². The fourth-order valence-corrected chi connectivity index (χ4v) is 4.53. The van der Waals surface area contributed by atoms with Crippen molar-refractivity contribution in [3.8, 4) is 0 Å². The van der Waals surface area contributed by atoms with Crippen molar-refractivity contribution in [3.05, 3.63) is 30.1 Å². The molecule has 3 atom stereocenters. The smallest absolute Gasteiger partial charge is 0.475 e. The number of likely N-dealkylation sites (tertiary alicyclic amines) is 1. The van der Waals surface area contributed by atoms with E-state index in [2.05, 4.69) is 23.0 Å². The summed E-state index contributed by atoms with van der Waals surface area (Å²) in [7, 11) is 2.14. The van der Waals surface area contributed by atoms with Crippen LogP contribution in [0.2, 0.25) is 0 Å². The summed E-state index contributed by atoms with van der Waals surface area (Å²) in [6, 6.07) is 6.40. The summed E-state index contributed by atoms with van der Waals surface area (Å²) in [5.74, 6) is -2.59. The number of rotatable bonds is 4. The van der Waals surface area contributed by atoms with E-state index in [0.29, 0.717) is 19.2 Å². The lowest BCUT2D eigenvalue weighted by atomic mass is 9.88. The van der Waals surface area contributed by atoms with Crippen LogP contribution in [0.3, 0.4) is 0 Å². The van der Waals surface area contributed by atoms with Crippen molar-refractivity contribution in [1.29, 1.82) is 0 Å². The third-order valence-corrected chi connectivity index (χ3v) is 6.25. The van der Waals surface area contributed by atoms with E-state index in [1.165, 1.54) is 0 Å². The van der Waals surface area contributed by atoms with Crippen LogP contribution >= 0.6 is 0 Å². The van der Waals surface area contributed by atoms with Crippen LogP contribution in [-0.4, -0.2) is 89.0 Å². The summed E-state index contributed by atoms with van der Waals surface area (Å²) in [5, 5.41) is 7.12. The minimum atomic E-state index is -5.08. The zero-order chi connectivity index (χ0) is 24.1. The minimum absolute atomic E-state index is 0.162. The lowest BCUT2D eigenvalue weighted by molar-refractivity contribution is -0.192. The van der Waals surface area contributed by atoms with E-state index in [4.69, 9.17) is 19.4 Å². The topological polar surface area (TPSA) is 92.2 Å². The molecule has 0 aromatic carbocycles. The fraction of sp³-hybridized carbons (Fsp3) is 0.682. The number of aliphatic carboxylic acids is 1. The molecule has 184 valence electrons. The average Bonchev–Trinajstić information content (AvgIpc) is 3.45. The summed E-state index contributed by atoms with van der Waals surface area (Å²) in [5.41, 5.74) is 0.894. The highest BCUT2D eigenvalue weighted by Crippen LogP contribution is 2.37. The Labute approximate surface area is 190 Å². The molecule has 0 saturated carbocycles. The number of likely N-dealkylation sites (N-methyl/N-ethyl adjacent to an activating group) is 1. The zero-order valence-corrected chi connectivity index (χ0v) is 18.6. The maximum atomic E-state index is 12.7. The molecular weight excluding hydrogens is 443 g/mol. The second-order valence-corrected chi connectivity index (χ2v) is 8.76. The van der Waals surface area contributed by atoms with Gasteiger partial charge in [-0.25, -0.2) is 4.79 Å². The van der Waals surface area contributed by atoms with E-state index in [0.717, 1.165) is 57.5 Å². The van der Waals surface area contributed by atoms with Crippen molar-refractivity contribution in [3.63, 3.8) is 0 Å². The number of carboxylic acids is 1. The van der Waals surface area contributed by atoms with Gasteiger partial charge in [-0.05, 0) is 51.3 Å². The van der Waals surface area contributed by atoms with Crippen molar-refractivity contribution >= 4 is 11.9 Å². The van der Waals surface area contributed by atoms with E-state index in [1.807, 2.05) is 23.2 Å². The molecule has 1 aromatic heterocycles. The molecule has 8 nitrogen and oxygen atoms in total. The first-order chi connectivity index (χ1) is 15.6. The Bertz CT molecular complexity index is 804. The van der Waals surface area contributed by atoms with Crippen LogP contribution in [0.25, 0.3) is 0 Å². The second kappa shape index (κ2) is 10.8. The predicted octanol–water partition coefficient (Wildman–Crippen LogP) is 2.48. The first-order valence-corrected chi connectivity index (χ1v) is 11.0. The molecule has 11 heteroatoms. The van der Waals surface area contributed by atoms with Crippen LogP contribution in [0.1, 0.15) is 37.8 Å². The number of hydrogen-bond donors (Lipinski definition) is 1. The van der Waals surface area contributed by atoms with Crippen molar-refractivity contribution in [2.45, 2.75) is 62.6 Å². The van der Waals surface area contributed by atoms with Crippen LogP contribution < -0.4 is 0 Å². The zero-order valence-electron chi connectivity index (χ0n) is 18.6. The summed E-state index contributed by atoms with van der Waals surface area (Å²) in [4.78, 5) is 30.4. The van der Waals surface area contributed by atoms with Gasteiger partial charge in [0.05, 0.1) is 17.9 Å². The first kappa shape index (κ1) is 25.4. The Kier molecular flexibility index (Phi) is 8.30. The number of carbonyl (C=O) groups is 2. The number of hydrogen-bond acceptors (Lipinski definition) is 6. The van der Waals surface area contributed by atoms with Crippen molar-refractivity contribution in [1.82, 2.24) is 14.8 Å². The summed E-state index contributed by atoms with van der Waals surface area (Å²) in [6.07, 6.45) is 1.40. The Morgan fingerprint density at radius 3 is 2.70 bits per heavy atom. The number of pyridine rings is 1. The number of aromatic nitrogens is 1. The number of piperidine rings is 1. The Balaban J connectivity index is 0.000000383. The molecule has 0 aliphatic carbocycles. The van der Waals surface area contributed by atoms with E-state index >= 15 is 0 Å². The number of carbonyl (C=O) groups excluding carboxylic acids is 1. The average molecular weight is 473 g/mol. The first-order valence-electron chi connectivity index (χ1n) is 11.0. The molecular formula is C22H30F3N3O5. The van der Waals surface area contributed by atoms with Gasteiger partial charge in [0.15, 0.2) is 0 Å². The molecule has 4 heterocycles. The molecule has 1 aromatic rings. The number of nitrogens with zero attached hydrogens (tertiary/aromatic N) is 3. The van der Waals surface area contributed by atoms with Crippen LogP contribution in [0.15, 0.2) is 24.4 Å². The Morgan fingerprint density at radius 1 is 1.33 bits per heavy atom. The molecule has 33 heavy (non-hydrogen) atoms. The second-order valence-electron chi connectivity index (χ2n) is 8.76. The molecule has 1 spiro atoms. The molecule has 3 aliphatic heterocycles. The molecule has 0 radical (unpaired) electrons. The molecule has 3 aliphatic rings. The van der Waals surface area contributed by atoms with E-state index in [-0.39, 0.29) is 17.6 Å². The van der Waals surface area contributed by atoms with Gasteiger partial charge in [-0.3, -0.25) is 14.7 Å². The summed E-state index contributed by atoms with van der Waals surface area (Å²) in [6.45, 7) is 3.80. The normalized spacial score (nSPS) is 27.5. The molecule has 2 unspecified atom stereocenters. The van der Waals surface area contributed by atoms with Gasteiger partial charge in [0.25, 0.3) is 5.91 Å². The number of halogens is 3. The standard InChI is InChI=1S/C20H29N3O3.C2HF3O2/c1-22(13-16-6-2-3-9-21-16)17-12-20(26-14-17)8-5-10-23(15-20)19(24)18-7-4-11-25-18;3-2(4,5)1(6)7/h2-3,6,9,17-18H,4-5,7-8,10-15H2,1H3;(H,6,7)/t17?,18-,20?;/m1./s1. The molecule has 3 fully saturated rings. The molecule has 3 saturated heterocycles. The lowest BCUT2D eigenvalue weighted by Gasteiger charge is -2.40. The van der Waals surface area contributed by atoms with Crippen molar-refractivity contribution < 1.29 is 37.3 Å². The van der Waals surface area contributed by atoms with Gasteiger partial charge < -0.3 is 19.5 Å². The van der Waals surface area contributed by atoms with Gasteiger partial charge in [-0.15, -0.1) is 0 Å². The SMILES string of the molecule is CN(Cc1ccccn1)C1COC2(CCCN(C(=O)[C@H]3CCCO3)C2)C1.O=C(O)C(F)(F)F. The monoisotopic (exact) mass is 473 g/mol. The highest BCUT2D eigenvalue weighted by atomic mass is 19.4. The molecule has 1 N–H and O–H groups in total. The summed E-state index contributed by atoms with van der Waals surface area (Å²) < 4.78 is 43.6. The maximum Gasteiger partial charge on any atom is 0.490 e. The molecule has 1 amide bonds. The summed E-state index contributed by atoms with van der Waals surface area (Å²) >= 11 is 0. The van der Waals surface area contributed by atoms with Gasteiger partial charge in [-0.1, -0.05) is 6.07 Å². The fourth-order valence-electron chi connectivity index (χ4n) is 4.53.